The first-order chi connectivity index (χ1) is 13.8. The van der Waals surface area contributed by atoms with E-state index in [0.717, 1.165) is 36.7 Å². The molecule has 2 saturated heterocycles. The fourth-order valence-corrected chi connectivity index (χ4v) is 4.33. The SMILES string of the molecule is CCS(=O)(=O)NC[C@]12COC[C@H]1CN(Cc1c(C)noc1C)C2.O=C(O)C(F)(F)F. The number of hydrogen-bond donors (Lipinski definition) is 2. The highest BCUT2D eigenvalue weighted by Crippen LogP contribution is 2.41. The molecule has 1 aromatic heterocycles. The van der Waals surface area contributed by atoms with Crippen molar-refractivity contribution in [2.45, 2.75) is 33.5 Å². The van der Waals surface area contributed by atoms with Crippen molar-refractivity contribution in [1.29, 1.82) is 0 Å². The minimum atomic E-state index is -5.08. The standard InChI is InChI=1S/C15H25N3O4S.C2HF3O2/c1-4-23(19,20)16-8-15-9-18(5-13(15)7-21-10-15)6-14-11(2)17-22-12(14)3;3-2(4,5)1(6)7/h13,16H,4-10H2,1-3H3;(H,6,7)/t13-,15+;/m1./s1. The van der Waals surface area contributed by atoms with Gasteiger partial charge in [-0.25, -0.2) is 17.9 Å². The van der Waals surface area contributed by atoms with E-state index in [-0.39, 0.29) is 11.2 Å². The number of nitrogens with one attached hydrogen (secondary N) is 1. The average molecular weight is 457 g/mol. The van der Waals surface area contributed by atoms with Crippen molar-refractivity contribution < 1.29 is 40.8 Å². The minimum absolute atomic E-state index is 0.109. The molecule has 0 radical (unpaired) electrons. The molecule has 0 spiro atoms. The van der Waals surface area contributed by atoms with Crippen molar-refractivity contribution in [2.75, 3.05) is 38.6 Å². The molecule has 0 aromatic carbocycles. The first-order valence-corrected chi connectivity index (χ1v) is 10.9. The number of carboxylic acid groups (broad SMARTS) is 1. The zero-order valence-electron chi connectivity index (χ0n) is 17.0. The second kappa shape index (κ2) is 9.20. The number of aryl methyl sites for hydroxylation is 2. The van der Waals surface area contributed by atoms with E-state index in [1.165, 1.54) is 0 Å². The van der Waals surface area contributed by atoms with Crippen molar-refractivity contribution in [3.63, 3.8) is 0 Å². The van der Waals surface area contributed by atoms with Crippen molar-refractivity contribution in [3.8, 4) is 0 Å². The molecule has 0 bridgehead atoms. The number of sulfonamides is 1. The molecule has 0 saturated carbocycles. The van der Waals surface area contributed by atoms with Crippen LogP contribution in [-0.4, -0.2) is 74.3 Å². The highest BCUT2D eigenvalue weighted by atomic mass is 32.2. The zero-order valence-corrected chi connectivity index (χ0v) is 17.8. The summed E-state index contributed by atoms with van der Waals surface area (Å²) in [5.41, 5.74) is 1.94. The third kappa shape index (κ3) is 5.93. The van der Waals surface area contributed by atoms with Crippen molar-refractivity contribution in [1.82, 2.24) is 14.8 Å². The Balaban J connectivity index is 0.000000396. The van der Waals surface area contributed by atoms with E-state index in [1.54, 1.807) is 6.92 Å². The molecule has 2 atom stereocenters. The van der Waals surface area contributed by atoms with Crippen LogP contribution in [-0.2, 0) is 26.1 Å². The molecule has 2 N–H and O–H groups in total. The Labute approximate surface area is 172 Å². The van der Waals surface area contributed by atoms with E-state index >= 15 is 0 Å². The van der Waals surface area contributed by atoms with Gasteiger partial charge in [0.05, 0.1) is 24.7 Å². The molecule has 0 aliphatic carbocycles. The van der Waals surface area contributed by atoms with Gasteiger partial charge in [-0.1, -0.05) is 5.16 Å². The van der Waals surface area contributed by atoms with E-state index < -0.39 is 22.2 Å². The molecule has 30 heavy (non-hydrogen) atoms. The van der Waals surface area contributed by atoms with Crippen LogP contribution in [0.25, 0.3) is 0 Å². The first kappa shape index (κ1) is 24.6. The second-order valence-electron chi connectivity index (χ2n) is 7.57. The predicted molar refractivity (Wildman–Crippen MR) is 99.2 cm³/mol. The molecular weight excluding hydrogens is 431 g/mol. The molecule has 1 aromatic rings. The van der Waals surface area contributed by atoms with Gasteiger partial charge in [-0.05, 0) is 20.8 Å². The molecule has 2 aliphatic heterocycles. The summed E-state index contributed by atoms with van der Waals surface area (Å²) < 4.78 is 68.9. The molecule has 2 fully saturated rings. The topological polar surface area (TPSA) is 122 Å². The zero-order chi connectivity index (χ0) is 22.7. The van der Waals surface area contributed by atoms with Crippen LogP contribution in [0.1, 0.15) is 23.9 Å². The van der Waals surface area contributed by atoms with Crippen molar-refractivity contribution in [3.05, 3.63) is 17.0 Å². The number of aliphatic carboxylic acids is 1. The predicted octanol–water partition coefficient (Wildman–Crippen LogP) is 1.31. The molecule has 2 aliphatic rings. The van der Waals surface area contributed by atoms with Gasteiger partial charge in [0.25, 0.3) is 0 Å². The van der Waals surface area contributed by atoms with Crippen LogP contribution in [0.3, 0.4) is 0 Å². The summed E-state index contributed by atoms with van der Waals surface area (Å²) in [6.07, 6.45) is -5.08. The fourth-order valence-electron chi connectivity index (χ4n) is 3.62. The number of carbonyl (C=O) groups is 1. The number of carboxylic acids is 1. The fraction of sp³-hybridized carbons (Fsp3) is 0.765. The van der Waals surface area contributed by atoms with E-state index in [4.69, 9.17) is 19.2 Å². The lowest BCUT2D eigenvalue weighted by Gasteiger charge is -2.27. The van der Waals surface area contributed by atoms with Gasteiger partial charge in [0.15, 0.2) is 0 Å². The van der Waals surface area contributed by atoms with Gasteiger partial charge in [-0.3, -0.25) is 4.90 Å². The summed E-state index contributed by atoms with van der Waals surface area (Å²) in [4.78, 5) is 11.3. The number of nitrogens with zero attached hydrogens (tertiary/aromatic N) is 2. The summed E-state index contributed by atoms with van der Waals surface area (Å²) in [5.74, 6) is -1.43. The van der Waals surface area contributed by atoms with Gasteiger partial charge in [0, 0.05) is 43.1 Å². The van der Waals surface area contributed by atoms with Crippen LogP contribution in [0, 0.1) is 25.2 Å². The molecular formula is C17H26F3N3O6S. The lowest BCUT2D eigenvalue weighted by atomic mass is 9.81. The Hall–Kier alpha value is -1.70. The van der Waals surface area contributed by atoms with Crippen molar-refractivity contribution >= 4 is 16.0 Å². The molecule has 3 heterocycles. The number of ether oxygens (including phenoxy) is 1. The molecule has 0 unspecified atom stereocenters. The van der Waals surface area contributed by atoms with E-state index in [2.05, 4.69) is 14.8 Å². The first-order valence-electron chi connectivity index (χ1n) is 9.29. The second-order valence-corrected chi connectivity index (χ2v) is 9.67. The minimum Gasteiger partial charge on any atom is -0.475 e. The molecule has 13 heteroatoms. The quantitative estimate of drug-likeness (QED) is 0.656. The number of aromatic nitrogens is 1. The van der Waals surface area contributed by atoms with Crippen LogP contribution in [0.5, 0.6) is 0 Å². The maximum atomic E-state index is 11.8. The number of rotatable bonds is 6. The summed E-state index contributed by atoms with van der Waals surface area (Å²) in [5, 5.41) is 11.1. The summed E-state index contributed by atoms with van der Waals surface area (Å²) in [6, 6.07) is 0. The molecule has 9 nitrogen and oxygen atoms in total. The van der Waals surface area contributed by atoms with Gasteiger partial charge < -0.3 is 14.4 Å². The van der Waals surface area contributed by atoms with Crippen LogP contribution in [0.15, 0.2) is 4.52 Å². The van der Waals surface area contributed by atoms with Crippen LogP contribution in [0.4, 0.5) is 13.2 Å². The Morgan fingerprint density at radius 1 is 1.40 bits per heavy atom. The maximum absolute atomic E-state index is 11.8. The van der Waals surface area contributed by atoms with Gasteiger partial charge in [0.2, 0.25) is 10.0 Å². The van der Waals surface area contributed by atoms with E-state index in [1.807, 2.05) is 13.8 Å². The summed E-state index contributed by atoms with van der Waals surface area (Å²) in [6.45, 7) is 9.84. The summed E-state index contributed by atoms with van der Waals surface area (Å²) in [7, 11) is -3.18. The van der Waals surface area contributed by atoms with Gasteiger partial charge >= 0.3 is 12.1 Å². The normalized spacial score (nSPS) is 24.4. The van der Waals surface area contributed by atoms with Gasteiger partial charge in [-0.15, -0.1) is 0 Å². The number of hydrogen-bond acceptors (Lipinski definition) is 7. The number of likely N-dealkylation sites (tertiary alicyclic amines) is 1. The Morgan fingerprint density at radius 3 is 2.53 bits per heavy atom. The number of alkyl halides is 3. The number of fused-ring (bicyclic) bond motifs is 1. The van der Waals surface area contributed by atoms with E-state index in [9.17, 15) is 21.6 Å². The van der Waals surface area contributed by atoms with Gasteiger partial charge in [0.1, 0.15) is 5.76 Å². The largest absolute Gasteiger partial charge is 0.490 e. The van der Waals surface area contributed by atoms with E-state index in [0.29, 0.717) is 25.7 Å². The van der Waals surface area contributed by atoms with Crippen LogP contribution in [0.2, 0.25) is 0 Å². The average Bonchev–Trinajstić information content (AvgIpc) is 3.28. The smallest absolute Gasteiger partial charge is 0.475 e. The van der Waals surface area contributed by atoms with Gasteiger partial charge in [-0.2, -0.15) is 13.2 Å². The Kier molecular flexibility index (Phi) is 7.54. The monoisotopic (exact) mass is 457 g/mol. The lowest BCUT2D eigenvalue weighted by Crippen LogP contribution is -2.43. The highest BCUT2D eigenvalue weighted by molar-refractivity contribution is 7.89. The molecule has 172 valence electrons. The third-order valence-electron chi connectivity index (χ3n) is 5.42. The van der Waals surface area contributed by atoms with Crippen LogP contribution >= 0.6 is 0 Å². The van der Waals surface area contributed by atoms with Crippen LogP contribution < -0.4 is 4.72 Å². The maximum Gasteiger partial charge on any atom is 0.490 e. The Morgan fingerprint density at radius 2 is 2.03 bits per heavy atom. The van der Waals surface area contributed by atoms with Crippen molar-refractivity contribution in [2.24, 2.45) is 11.3 Å². The third-order valence-corrected chi connectivity index (χ3v) is 6.77. The number of halogens is 3. The molecule has 3 rings (SSSR count). The lowest BCUT2D eigenvalue weighted by molar-refractivity contribution is -0.192. The molecule has 0 amide bonds. The summed E-state index contributed by atoms with van der Waals surface area (Å²) >= 11 is 0. The Bertz CT molecular complexity index is 838. The highest BCUT2D eigenvalue weighted by Gasteiger charge is 2.50.